The predicted molar refractivity (Wildman–Crippen MR) is 208 cm³/mol. The number of fused-ring (bicyclic) bond motifs is 2. The predicted octanol–water partition coefficient (Wildman–Crippen LogP) is 9.97. The monoisotopic (exact) mass is 729 g/mol. The summed E-state index contributed by atoms with van der Waals surface area (Å²) in [7, 11) is -4.94. The fourth-order valence-electron chi connectivity index (χ4n) is 7.62. The Morgan fingerprint density at radius 3 is 1.78 bits per heavy atom. The second-order valence-electron chi connectivity index (χ2n) is 16.4. The van der Waals surface area contributed by atoms with E-state index in [2.05, 4.69) is 176 Å². The van der Waals surface area contributed by atoms with Gasteiger partial charge in [0, 0.05) is 0 Å². The van der Waals surface area contributed by atoms with Gasteiger partial charge in [-0.25, -0.2) is 0 Å². The number of allylic oxidation sites excluding steroid dienone is 8. The fourth-order valence-corrected chi connectivity index (χ4v) is 19.5. The molecular formula is C42H51Si3Zr-. The van der Waals surface area contributed by atoms with Crippen LogP contribution in [0.4, 0.5) is 0 Å². The van der Waals surface area contributed by atoms with Gasteiger partial charge < -0.3 is 0 Å². The van der Waals surface area contributed by atoms with Crippen LogP contribution in [0.3, 0.4) is 0 Å². The summed E-state index contributed by atoms with van der Waals surface area (Å²) in [5, 5.41) is 6.50. The molecule has 0 N–H and O–H groups in total. The van der Waals surface area contributed by atoms with E-state index in [0.29, 0.717) is 0 Å². The van der Waals surface area contributed by atoms with Gasteiger partial charge in [0.2, 0.25) is 0 Å². The average molecular weight is 731 g/mol. The van der Waals surface area contributed by atoms with Crippen molar-refractivity contribution in [3.8, 4) is 0 Å². The molecule has 1 atom stereocenters. The summed E-state index contributed by atoms with van der Waals surface area (Å²) in [6.07, 6.45) is 12.1. The molecule has 0 fully saturated rings. The number of hydrogen-bond acceptors (Lipinski definition) is 0. The van der Waals surface area contributed by atoms with E-state index < -0.39 is 24.2 Å². The Morgan fingerprint density at radius 1 is 0.761 bits per heavy atom. The Bertz CT molecular complexity index is 1880. The van der Waals surface area contributed by atoms with Gasteiger partial charge in [-0.2, -0.15) is 0 Å². The van der Waals surface area contributed by atoms with Gasteiger partial charge in [0.15, 0.2) is 0 Å². The van der Waals surface area contributed by atoms with Gasteiger partial charge in [0.05, 0.1) is 24.2 Å². The van der Waals surface area contributed by atoms with Crippen molar-refractivity contribution < 1.29 is 24.2 Å². The van der Waals surface area contributed by atoms with E-state index in [1.165, 1.54) is 65.7 Å². The zero-order chi connectivity index (χ0) is 33.7. The minimum atomic E-state index is -1.66. The minimum absolute atomic E-state index is 0.133. The first kappa shape index (κ1) is 35.1. The van der Waals surface area contributed by atoms with Crippen molar-refractivity contribution in [3.05, 3.63) is 151 Å². The Balaban J connectivity index is 0.000000247. The van der Waals surface area contributed by atoms with Crippen LogP contribution in [0.15, 0.2) is 124 Å². The van der Waals surface area contributed by atoms with E-state index in [1.54, 1.807) is 16.3 Å². The van der Waals surface area contributed by atoms with Crippen LogP contribution in [0.5, 0.6) is 0 Å². The van der Waals surface area contributed by atoms with Crippen LogP contribution in [0, 0.1) is 6.92 Å². The molecular weight excluding hydrogens is 680 g/mol. The number of rotatable bonds is 6. The first-order chi connectivity index (χ1) is 21.5. The first-order valence-electron chi connectivity index (χ1n) is 16.8. The molecule has 3 aromatic rings. The normalized spacial score (nSPS) is 19.3. The van der Waals surface area contributed by atoms with Crippen molar-refractivity contribution in [3.63, 3.8) is 0 Å². The Labute approximate surface area is 296 Å². The molecule has 0 saturated heterocycles. The second-order valence-corrected chi connectivity index (χ2v) is 33.1. The van der Waals surface area contributed by atoms with Crippen molar-refractivity contribution in [2.24, 2.45) is 0 Å². The molecule has 0 spiro atoms. The van der Waals surface area contributed by atoms with Gasteiger partial charge in [-0.1, -0.05) is 123 Å². The van der Waals surface area contributed by atoms with Gasteiger partial charge in [-0.05, 0) is 18.4 Å². The molecule has 0 amide bonds. The maximum atomic E-state index is 4.01. The molecule has 0 aromatic heterocycles. The molecule has 0 nitrogen and oxygen atoms in total. The summed E-state index contributed by atoms with van der Waals surface area (Å²) in [4.78, 5) is 0. The van der Waals surface area contributed by atoms with Crippen molar-refractivity contribution in [2.45, 2.75) is 84.2 Å². The van der Waals surface area contributed by atoms with Gasteiger partial charge in [-0.15, -0.1) is 33.7 Å². The third-order valence-electron chi connectivity index (χ3n) is 9.92. The van der Waals surface area contributed by atoms with Crippen molar-refractivity contribution in [2.75, 3.05) is 0 Å². The number of benzene rings is 3. The molecule has 0 heterocycles. The maximum absolute atomic E-state index is 4.01. The van der Waals surface area contributed by atoms with E-state index in [0.717, 1.165) is 6.42 Å². The van der Waals surface area contributed by atoms with Crippen molar-refractivity contribution in [1.29, 1.82) is 0 Å². The average Bonchev–Trinajstić information content (AvgIpc) is 3.63. The third-order valence-corrected chi connectivity index (χ3v) is 19.6. The van der Waals surface area contributed by atoms with E-state index in [4.69, 9.17) is 0 Å². The fraction of sp³-hybridized carbons (Fsp3) is 0.310. The zero-order valence-corrected chi connectivity index (χ0v) is 35.4. The summed E-state index contributed by atoms with van der Waals surface area (Å²) in [6, 6.07) is 28.1. The first-order valence-corrected chi connectivity index (χ1v) is 28.5. The number of hydrogen-bond donors (Lipinski definition) is 0. The van der Waals surface area contributed by atoms with Gasteiger partial charge >= 0.3 is 99.2 Å². The molecule has 3 aliphatic rings. The molecule has 236 valence electrons. The summed E-state index contributed by atoms with van der Waals surface area (Å²) in [6.45, 7) is 28.2. The van der Waals surface area contributed by atoms with Gasteiger partial charge in [0.1, 0.15) is 0 Å². The van der Waals surface area contributed by atoms with E-state index in [1.807, 2.05) is 5.20 Å². The summed E-state index contributed by atoms with van der Waals surface area (Å²) in [5.74, 6) is 0. The molecule has 0 bridgehead atoms. The van der Waals surface area contributed by atoms with E-state index in [-0.39, 0.29) is 5.04 Å². The summed E-state index contributed by atoms with van der Waals surface area (Å²) in [5.41, 5.74) is 10.1. The molecule has 0 saturated carbocycles. The Kier molecular flexibility index (Phi) is 9.91. The third kappa shape index (κ3) is 6.57. The van der Waals surface area contributed by atoms with E-state index >= 15 is 0 Å². The van der Waals surface area contributed by atoms with Crippen molar-refractivity contribution >= 4 is 39.1 Å². The quantitative estimate of drug-likeness (QED) is 0.175. The summed E-state index contributed by atoms with van der Waals surface area (Å²) >= 11 is 1.46. The van der Waals surface area contributed by atoms with Crippen LogP contribution >= 0.6 is 0 Å². The topological polar surface area (TPSA) is 0 Å². The van der Waals surface area contributed by atoms with Crippen LogP contribution in [-0.4, -0.2) is 27.4 Å². The van der Waals surface area contributed by atoms with Crippen molar-refractivity contribution in [1.82, 2.24) is 0 Å². The Morgan fingerprint density at radius 2 is 1.33 bits per heavy atom. The molecule has 0 radical (unpaired) electrons. The van der Waals surface area contributed by atoms with Crippen LogP contribution < -0.4 is 10.4 Å². The summed E-state index contributed by atoms with van der Waals surface area (Å²) < 4.78 is 1.42. The Hall–Kier alpha value is -2.24. The number of aryl methyl sites for hydroxylation is 1. The molecule has 3 aliphatic carbocycles. The van der Waals surface area contributed by atoms with Crippen LogP contribution in [0.25, 0.3) is 11.6 Å². The van der Waals surface area contributed by atoms with Crippen LogP contribution in [0.2, 0.25) is 64.0 Å². The molecule has 46 heavy (non-hydrogen) atoms. The van der Waals surface area contributed by atoms with E-state index in [9.17, 15) is 0 Å². The zero-order valence-electron chi connectivity index (χ0n) is 29.9. The molecule has 6 rings (SSSR count). The SMILES string of the molecule is Cc1ccc2c(c1)=[C-]C1=C(C3=CC=CC3)C(C)([Si](C)(C)C)C([Si](C)(C)C)=C([Si](C)(C)C)C=21.[Zr]=[C](c1ccccc1)c1ccccc1. The second kappa shape index (κ2) is 13.0. The molecule has 4 heteroatoms. The molecule has 1 unspecified atom stereocenters. The van der Waals surface area contributed by atoms with Crippen LogP contribution in [0.1, 0.15) is 30.0 Å². The molecule has 3 aromatic carbocycles. The standard InChI is InChI=1S/C29H41Si3.C13H10.Zr/c1-20-16-17-23-22(18-20)19-24-25(23)27(30(3,4)5)28(31(6,7)8)29(2,32(9,10)11)26(24)21-14-12-13-15-21;1-3-7-12(8-4-1)11-13-9-5-2-6-10-13;/h12-14,16-18H,15H2,1-11H3;1-10H;/q-1;;. The van der Waals surface area contributed by atoms with Gasteiger partial charge in [0.25, 0.3) is 0 Å². The molecule has 0 aliphatic heterocycles. The van der Waals surface area contributed by atoms with Crippen LogP contribution in [-0.2, 0) is 24.2 Å². The van der Waals surface area contributed by atoms with Gasteiger partial charge in [-0.3, -0.25) is 0 Å².